The van der Waals surface area contributed by atoms with Gasteiger partial charge in [-0.3, -0.25) is 0 Å². The number of aryl methyl sites for hydroxylation is 3. The first-order valence-corrected chi connectivity index (χ1v) is 9.84. The Morgan fingerprint density at radius 2 is 2.17 bits per heavy atom. The number of thiophene rings is 1. The summed E-state index contributed by atoms with van der Waals surface area (Å²) in [5.74, 6) is 0.814. The second-order valence-electron chi connectivity index (χ2n) is 5.26. The number of hydrogen-bond donors (Lipinski definition) is 1. The van der Waals surface area contributed by atoms with E-state index in [4.69, 9.17) is 0 Å². The van der Waals surface area contributed by atoms with E-state index in [1.54, 1.807) is 29.2 Å². The molecule has 1 aliphatic carbocycles. The van der Waals surface area contributed by atoms with Crippen LogP contribution in [0.25, 0.3) is 10.2 Å². The smallest absolute Gasteiger partial charge is 0.206 e. The molecule has 0 amide bonds. The molecule has 3 aromatic rings. The Kier molecular flexibility index (Phi) is 4.04. The monoisotopic (exact) mass is 361 g/mol. The highest BCUT2D eigenvalue weighted by atomic mass is 32.2. The van der Waals surface area contributed by atoms with Crippen molar-refractivity contribution in [3.8, 4) is 0 Å². The van der Waals surface area contributed by atoms with Crippen LogP contribution in [-0.2, 0) is 12.8 Å². The van der Waals surface area contributed by atoms with E-state index in [0.29, 0.717) is 6.54 Å². The summed E-state index contributed by atoms with van der Waals surface area (Å²) in [6.07, 6.45) is 5.36. The largest absolute Gasteiger partial charge is 0.357 e. The molecule has 8 heteroatoms. The normalized spacial score (nSPS) is 13.4. The third-order valence-electron chi connectivity index (χ3n) is 3.63. The van der Waals surface area contributed by atoms with Crippen LogP contribution < -0.4 is 5.32 Å². The highest BCUT2D eigenvalue weighted by Gasteiger charge is 2.23. The molecule has 0 unspecified atom stereocenters. The lowest BCUT2D eigenvalue weighted by Crippen LogP contribution is -1.96. The zero-order valence-electron chi connectivity index (χ0n) is 12.6. The topological polar surface area (TPSA) is 63.6 Å². The molecule has 0 saturated heterocycles. The molecule has 0 aromatic carbocycles. The molecule has 3 heterocycles. The van der Waals surface area contributed by atoms with E-state index < -0.39 is 0 Å². The number of rotatable bonds is 5. The van der Waals surface area contributed by atoms with Crippen molar-refractivity contribution in [2.24, 2.45) is 0 Å². The lowest BCUT2D eigenvalue weighted by Gasteiger charge is -2.03. The lowest BCUT2D eigenvalue weighted by molar-refractivity contribution is 0.914. The quantitative estimate of drug-likeness (QED) is 0.545. The molecule has 1 N–H and O–H groups in total. The van der Waals surface area contributed by atoms with Gasteiger partial charge in [0.05, 0.1) is 0 Å². The molecule has 0 saturated carbocycles. The molecule has 0 radical (unpaired) electrons. The van der Waals surface area contributed by atoms with E-state index in [9.17, 15) is 0 Å². The minimum atomic E-state index is 0.689. The molecular formula is C15H15N5S3. The van der Waals surface area contributed by atoms with Crippen LogP contribution in [0.15, 0.2) is 22.0 Å². The summed E-state index contributed by atoms with van der Waals surface area (Å²) in [4.78, 5) is 11.9. The fourth-order valence-electron chi connectivity index (χ4n) is 2.70. The molecule has 0 bridgehead atoms. The highest BCUT2D eigenvalue weighted by molar-refractivity contribution is 8.01. The molecule has 4 rings (SSSR count). The summed E-state index contributed by atoms with van der Waals surface area (Å²) in [6.45, 7) is 6.33. The van der Waals surface area contributed by atoms with Gasteiger partial charge in [-0.05, 0) is 43.5 Å². The van der Waals surface area contributed by atoms with E-state index in [1.807, 2.05) is 18.3 Å². The van der Waals surface area contributed by atoms with Crippen LogP contribution in [-0.4, -0.2) is 26.7 Å². The standard InChI is InChI=1S/C15H15N5S3/c1-3-7-16-14-19-20-15(23-14)22-13-11-9-5-4-6-10(9)21-12(11)17-8(2)18-13/h3H,1,4-7H2,2H3,(H,16,19). The first-order chi connectivity index (χ1) is 11.2. The molecule has 0 fully saturated rings. The van der Waals surface area contributed by atoms with E-state index >= 15 is 0 Å². The van der Waals surface area contributed by atoms with Gasteiger partial charge in [-0.15, -0.1) is 28.1 Å². The zero-order valence-corrected chi connectivity index (χ0v) is 15.1. The van der Waals surface area contributed by atoms with Gasteiger partial charge in [-0.1, -0.05) is 17.4 Å². The lowest BCUT2D eigenvalue weighted by atomic mass is 10.2. The van der Waals surface area contributed by atoms with Gasteiger partial charge < -0.3 is 5.32 Å². The van der Waals surface area contributed by atoms with Crippen LogP contribution in [0, 0.1) is 6.92 Å². The summed E-state index contributed by atoms with van der Waals surface area (Å²) >= 11 is 4.95. The fourth-order valence-corrected chi connectivity index (χ4v) is 5.95. The minimum Gasteiger partial charge on any atom is -0.357 e. The molecular weight excluding hydrogens is 346 g/mol. The summed E-state index contributed by atoms with van der Waals surface area (Å²) < 4.78 is 0.897. The van der Waals surface area contributed by atoms with Crippen molar-refractivity contribution in [3.05, 3.63) is 28.9 Å². The van der Waals surface area contributed by atoms with Crippen LogP contribution in [0.5, 0.6) is 0 Å². The average molecular weight is 362 g/mol. The van der Waals surface area contributed by atoms with Gasteiger partial charge >= 0.3 is 0 Å². The van der Waals surface area contributed by atoms with Crippen molar-refractivity contribution in [3.63, 3.8) is 0 Å². The zero-order chi connectivity index (χ0) is 15.8. The molecule has 0 atom stereocenters. The van der Waals surface area contributed by atoms with E-state index in [1.165, 1.54) is 28.7 Å². The number of anilines is 1. The van der Waals surface area contributed by atoms with Crippen molar-refractivity contribution in [2.45, 2.75) is 35.6 Å². The highest BCUT2D eigenvalue weighted by Crippen LogP contribution is 2.42. The molecule has 0 spiro atoms. The van der Waals surface area contributed by atoms with Crippen molar-refractivity contribution < 1.29 is 0 Å². The number of nitrogens with zero attached hydrogens (tertiary/aromatic N) is 4. The van der Waals surface area contributed by atoms with Crippen molar-refractivity contribution in [1.82, 2.24) is 20.2 Å². The Hall–Kier alpha value is -1.51. The maximum Gasteiger partial charge on any atom is 0.206 e. The third-order valence-corrected chi connectivity index (χ3v) is 6.74. The van der Waals surface area contributed by atoms with Crippen LogP contribution in [0.3, 0.4) is 0 Å². The summed E-state index contributed by atoms with van der Waals surface area (Å²) in [7, 11) is 0. The van der Waals surface area contributed by atoms with Gasteiger partial charge in [0, 0.05) is 16.8 Å². The second-order valence-corrected chi connectivity index (χ2v) is 8.56. The van der Waals surface area contributed by atoms with E-state index in [-0.39, 0.29) is 0 Å². The summed E-state index contributed by atoms with van der Waals surface area (Å²) in [5, 5.41) is 14.6. The SMILES string of the molecule is C=CCNc1nnc(Sc2nc(C)nc3sc4c(c23)CCC4)s1. The van der Waals surface area contributed by atoms with E-state index in [2.05, 4.69) is 32.1 Å². The average Bonchev–Trinajstić information content (AvgIpc) is 3.20. The molecule has 5 nitrogen and oxygen atoms in total. The molecule has 3 aromatic heterocycles. The molecule has 0 aliphatic heterocycles. The maximum atomic E-state index is 4.68. The van der Waals surface area contributed by atoms with Gasteiger partial charge in [0.15, 0.2) is 4.34 Å². The van der Waals surface area contributed by atoms with Gasteiger partial charge in [0.1, 0.15) is 15.7 Å². The first-order valence-electron chi connectivity index (χ1n) is 7.39. The second kappa shape index (κ2) is 6.18. The Bertz CT molecular complexity index is 883. The number of nitrogens with one attached hydrogen (secondary N) is 1. The third kappa shape index (κ3) is 2.86. The Labute approximate surface area is 146 Å². The van der Waals surface area contributed by atoms with Gasteiger partial charge in [0.2, 0.25) is 5.13 Å². The van der Waals surface area contributed by atoms with Gasteiger partial charge in [0.25, 0.3) is 0 Å². The predicted molar refractivity (Wildman–Crippen MR) is 96.9 cm³/mol. The van der Waals surface area contributed by atoms with Gasteiger partial charge in [-0.2, -0.15) is 0 Å². The molecule has 23 heavy (non-hydrogen) atoms. The first kappa shape index (κ1) is 15.0. The van der Waals surface area contributed by atoms with Crippen LogP contribution in [0.4, 0.5) is 5.13 Å². The fraction of sp³-hybridized carbons (Fsp3) is 0.333. The predicted octanol–water partition coefficient (Wildman–Crippen LogP) is 4.09. The van der Waals surface area contributed by atoms with E-state index in [0.717, 1.165) is 31.6 Å². The van der Waals surface area contributed by atoms with Crippen molar-refractivity contribution >= 4 is 49.8 Å². The number of hydrogen-bond acceptors (Lipinski definition) is 8. The van der Waals surface area contributed by atoms with Crippen LogP contribution >= 0.6 is 34.4 Å². The number of aromatic nitrogens is 4. The Morgan fingerprint density at radius 3 is 3.04 bits per heavy atom. The summed E-state index contributed by atoms with van der Waals surface area (Å²) in [6, 6.07) is 0. The van der Waals surface area contributed by atoms with Crippen LogP contribution in [0.2, 0.25) is 0 Å². The molecule has 118 valence electrons. The summed E-state index contributed by atoms with van der Waals surface area (Å²) in [5.41, 5.74) is 1.45. The van der Waals surface area contributed by atoms with Crippen molar-refractivity contribution in [1.29, 1.82) is 0 Å². The van der Waals surface area contributed by atoms with Gasteiger partial charge in [-0.25, -0.2) is 9.97 Å². The number of fused-ring (bicyclic) bond motifs is 3. The molecule has 1 aliphatic rings. The minimum absolute atomic E-state index is 0.689. The maximum absolute atomic E-state index is 4.68. The Balaban J connectivity index is 1.70. The van der Waals surface area contributed by atoms with Crippen molar-refractivity contribution in [2.75, 3.05) is 11.9 Å². The van der Waals surface area contributed by atoms with Crippen LogP contribution in [0.1, 0.15) is 22.7 Å². The Morgan fingerprint density at radius 1 is 1.26 bits per heavy atom.